The van der Waals surface area contributed by atoms with Crippen molar-refractivity contribution in [1.29, 1.82) is 0 Å². The molecule has 2 aromatic heterocycles. The number of hydrogen-bond acceptors (Lipinski definition) is 3. The van der Waals surface area contributed by atoms with Crippen LogP contribution in [0.15, 0.2) is 180 Å². The van der Waals surface area contributed by atoms with Crippen molar-refractivity contribution in [3.05, 3.63) is 187 Å². The predicted octanol–water partition coefficient (Wildman–Crippen LogP) is 15.1. The van der Waals surface area contributed by atoms with E-state index in [0.29, 0.717) is 0 Å². The smallest absolute Gasteiger partial charge is 0.135 e. The Hall–Kier alpha value is -6.42. The standard InChI is InChI=1S/C51H35NOS/c1-51(2)44-27-24-36(31-43(44)50-38(15-10-16-45(50)51)33-11-4-3-5-12-33)52(37-25-28-47-42(30-37)39-13-6-8-17-46(39)53-47)35-22-19-32(20-23-35)34-21-26-41-40-14-7-9-18-48(40)54-49(41)29-34/h3-31H,1-2H3. The Morgan fingerprint density at radius 3 is 1.98 bits per heavy atom. The highest BCUT2D eigenvalue weighted by atomic mass is 32.1. The maximum absolute atomic E-state index is 6.27. The summed E-state index contributed by atoms with van der Waals surface area (Å²) in [5.41, 5.74) is 15.3. The summed E-state index contributed by atoms with van der Waals surface area (Å²) in [6, 6.07) is 64.2. The summed E-state index contributed by atoms with van der Waals surface area (Å²) < 4.78 is 8.92. The van der Waals surface area contributed by atoms with Crippen molar-refractivity contribution in [3.63, 3.8) is 0 Å². The maximum Gasteiger partial charge on any atom is 0.135 e. The Morgan fingerprint density at radius 1 is 0.426 bits per heavy atom. The molecule has 0 fully saturated rings. The molecule has 11 rings (SSSR count). The highest BCUT2D eigenvalue weighted by Crippen LogP contribution is 2.54. The molecule has 0 atom stereocenters. The van der Waals surface area contributed by atoms with Gasteiger partial charge in [-0.1, -0.05) is 129 Å². The third-order valence-electron chi connectivity index (χ3n) is 11.5. The Morgan fingerprint density at radius 2 is 1.11 bits per heavy atom. The molecule has 0 N–H and O–H groups in total. The monoisotopic (exact) mass is 709 g/mol. The minimum Gasteiger partial charge on any atom is -0.456 e. The summed E-state index contributed by atoms with van der Waals surface area (Å²) in [5.74, 6) is 0. The average Bonchev–Trinajstić information content (AvgIpc) is 3.85. The van der Waals surface area contributed by atoms with E-state index >= 15 is 0 Å². The van der Waals surface area contributed by atoms with Crippen LogP contribution in [0.2, 0.25) is 0 Å². The number of furan rings is 1. The predicted molar refractivity (Wildman–Crippen MR) is 230 cm³/mol. The van der Waals surface area contributed by atoms with Gasteiger partial charge in [0.25, 0.3) is 0 Å². The van der Waals surface area contributed by atoms with Crippen LogP contribution < -0.4 is 4.90 Å². The molecule has 0 saturated carbocycles. The number of fused-ring (bicyclic) bond motifs is 9. The topological polar surface area (TPSA) is 16.4 Å². The summed E-state index contributed by atoms with van der Waals surface area (Å²) in [6.07, 6.45) is 0. The average molecular weight is 710 g/mol. The van der Waals surface area contributed by atoms with Crippen molar-refractivity contribution in [3.8, 4) is 33.4 Å². The fourth-order valence-corrected chi connectivity index (χ4v) is 9.94. The molecule has 0 aliphatic heterocycles. The second-order valence-corrected chi connectivity index (χ2v) is 16.0. The van der Waals surface area contributed by atoms with Gasteiger partial charge in [-0.15, -0.1) is 11.3 Å². The molecule has 10 aromatic rings. The summed E-state index contributed by atoms with van der Waals surface area (Å²) in [6.45, 7) is 4.72. The van der Waals surface area contributed by atoms with E-state index in [2.05, 4.69) is 183 Å². The molecule has 0 amide bonds. The van der Waals surface area contributed by atoms with E-state index < -0.39 is 0 Å². The van der Waals surface area contributed by atoms with E-state index in [9.17, 15) is 0 Å². The fraction of sp³-hybridized carbons (Fsp3) is 0.0588. The van der Waals surface area contributed by atoms with Gasteiger partial charge in [-0.3, -0.25) is 0 Å². The molecule has 0 saturated heterocycles. The van der Waals surface area contributed by atoms with Gasteiger partial charge >= 0.3 is 0 Å². The number of hydrogen-bond donors (Lipinski definition) is 0. The first-order valence-electron chi connectivity index (χ1n) is 18.6. The van der Waals surface area contributed by atoms with Gasteiger partial charge in [0.15, 0.2) is 0 Å². The van der Waals surface area contributed by atoms with Crippen LogP contribution in [0.1, 0.15) is 25.0 Å². The largest absolute Gasteiger partial charge is 0.456 e. The molecular weight excluding hydrogens is 675 g/mol. The van der Waals surface area contributed by atoms with Crippen LogP contribution in [-0.2, 0) is 5.41 Å². The zero-order valence-electron chi connectivity index (χ0n) is 30.0. The maximum atomic E-state index is 6.27. The Kier molecular flexibility index (Phi) is 6.80. The van der Waals surface area contributed by atoms with Crippen LogP contribution in [0.4, 0.5) is 17.1 Å². The molecule has 1 aliphatic carbocycles. The SMILES string of the molecule is CC1(C)c2ccc(N(c3ccc(-c4ccc5c(c4)sc4ccccc45)cc3)c3ccc4oc5ccccc5c4c3)cc2-c2c(-c3ccccc3)cccc21. The number of anilines is 3. The van der Waals surface area contributed by atoms with Crippen LogP contribution in [0.3, 0.4) is 0 Å². The van der Waals surface area contributed by atoms with Gasteiger partial charge in [0.1, 0.15) is 11.2 Å². The molecule has 8 aromatic carbocycles. The van der Waals surface area contributed by atoms with Crippen LogP contribution in [-0.4, -0.2) is 0 Å². The van der Waals surface area contributed by atoms with E-state index in [0.717, 1.165) is 39.0 Å². The molecule has 0 bridgehead atoms. The van der Waals surface area contributed by atoms with E-state index in [4.69, 9.17) is 4.42 Å². The van der Waals surface area contributed by atoms with Crippen molar-refractivity contribution >= 4 is 70.5 Å². The van der Waals surface area contributed by atoms with Crippen LogP contribution in [0.5, 0.6) is 0 Å². The molecule has 54 heavy (non-hydrogen) atoms. The number of para-hydroxylation sites is 1. The Bertz CT molecular complexity index is 3080. The van der Waals surface area contributed by atoms with Gasteiger partial charge in [0, 0.05) is 53.4 Å². The third kappa shape index (κ3) is 4.72. The highest BCUT2D eigenvalue weighted by Gasteiger charge is 2.37. The summed E-state index contributed by atoms with van der Waals surface area (Å²) in [7, 11) is 0. The molecule has 0 spiro atoms. The first-order chi connectivity index (χ1) is 26.5. The quantitative estimate of drug-likeness (QED) is 0.177. The first-order valence-corrected chi connectivity index (χ1v) is 19.4. The lowest BCUT2D eigenvalue weighted by Gasteiger charge is -2.27. The Balaban J connectivity index is 1.08. The lowest BCUT2D eigenvalue weighted by atomic mass is 9.82. The van der Waals surface area contributed by atoms with Crippen LogP contribution >= 0.6 is 11.3 Å². The number of thiophene rings is 1. The van der Waals surface area contributed by atoms with Crippen molar-refractivity contribution in [2.24, 2.45) is 0 Å². The number of benzene rings is 8. The van der Waals surface area contributed by atoms with Gasteiger partial charge in [-0.2, -0.15) is 0 Å². The molecular formula is C51H35NOS. The van der Waals surface area contributed by atoms with Crippen molar-refractivity contribution in [2.45, 2.75) is 19.3 Å². The fourth-order valence-electron chi connectivity index (χ4n) is 8.80. The van der Waals surface area contributed by atoms with Gasteiger partial charge in [-0.25, -0.2) is 0 Å². The van der Waals surface area contributed by atoms with E-state index in [-0.39, 0.29) is 5.41 Å². The van der Waals surface area contributed by atoms with Crippen LogP contribution in [0, 0.1) is 0 Å². The van der Waals surface area contributed by atoms with Crippen molar-refractivity contribution in [2.75, 3.05) is 4.90 Å². The van der Waals surface area contributed by atoms with Gasteiger partial charge < -0.3 is 9.32 Å². The molecule has 0 unspecified atom stereocenters. The van der Waals surface area contributed by atoms with Crippen molar-refractivity contribution in [1.82, 2.24) is 0 Å². The zero-order chi connectivity index (χ0) is 36.0. The summed E-state index contributed by atoms with van der Waals surface area (Å²) >= 11 is 1.86. The molecule has 0 radical (unpaired) electrons. The minimum atomic E-state index is -0.120. The van der Waals surface area contributed by atoms with Gasteiger partial charge in [0.2, 0.25) is 0 Å². The van der Waals surface area contributed by atoms with Crippen molar-refractivity contribution < 1.29 is 4.42 Å². The van der Waals surface area contributed by atoms with Gasteiger partial charge in [0.05, 0.1) is 0 Å². The Labute approximate surface area is 318 Å². The van der Waals surface area contributed by atoms with E-state index in [1.54, 1.807) is 0 Å². The van der Waals surface area contributed by atoms with E-state index in [1.807, 2.05) is 23.5 Å². The third-order valence-corrected chi connectivity index (χ3v) is 12.6. The molecule has 2 heterocycles. The van der Waals surface area contributed by atoms with Crippen LogP contribution in [0.25, 0.3) is 75.5 Å². The lowest BCUT2D eigenvalue weighted by Crippen LogP contribution is -2.15. The zero-order valence-corrected chi connectivity index (χ0v) is 30.8. The highest BCUT2D eigenvalue weighted by molar-refractivity contribution is 7.25. The normalized spacial score (nSPS) is 13.1. The molecule has 3 heteroatoms. The molecule has 2 nitrogen and oxygen atoms in total. The van der Waals surface area contributed by atoms with Gasteiger partial charge in [-0.05, 0) is 105 Å². The molecule has 1 aliphatic rings. The summed E-state index contributed by atoms with van der Waals surface area (Å²) in [4.78, 5) is 2.40. The first kappa shape index (κ1) is 31.1. The van der Waals surface area contributed by atoms with E-state index in [1.165, 1.54) is 64.7 Å². The summed E-state index contributed by atoms with van der Waals surface area (Å²) in [5, 5.41) is 4.88. The second kappa shape index (κ2) is 11.8. The number of nitrogens with zero attached hydrogens (tertiary/aromatic N) is 1. The lowest BCUT2D eigenvalue weighted by molar-refractivity contribution is 0.660. The molecule has 256 valence electrons. The second-order valence-electron chi connectivity index (χ2n) is 14.9. The minimum absolute atomic E-state index is 0.120. The number of rotatable bonds is 5.